The van der Waals surface area contributed by atoms with E-state index in [4.69, 9.17) is 12.3 Å². The van der Waals surface area contributed by atoms with Crippen molar-refractivity contribution in [2.24, 2.45) is 0 Å². The standard InChI is InChI=1S/C16H16N6OS/c1-18-8-5-9-24-15-20-13(17)12-14(21-15)22(16(23)19-12)10-11-6-3-2-4-7-11/h2-4,6-7H,5,8-10H2,(H,19,23)(H2,17,20,21). The number of nitrogens with two attached hydrogens (primary N) is 1. The highest BCUT2D eigenvalue weighted by Gasteiger charge is 2.14. The molecule has 2 aromatic heterocycles. The summed E-state index contributed by atoms with van der Waals surface area (Å²) in [6.45, 7) is 7.68. The minimum absolute atomic E-state index is 0.259. The van der Waals surface area contributed by atoms with Gasteiger partial charge in [-0.1, -0.05) is 42.1 Å². The summed E-state index contributed by atoms with van der Waals surface area (Å²) in [6.07, 6.45) is 0.763. The zero-order valence-corrected chi connectivity index (χ0v) is 13.7. The highest BCUT2D eigenvalue weighted by Crippen LogP contribution is 2.21. The quantitative estimate of drug-likeness (QED) is 0.310. The van der Waals surface area contributed by atoms with Crippen molar-refractivity contribution in [2.45, 2.75) is 18.1 Å². The average molecular weight is 340 g/mol. The van der Waals surface area contributed by atoms with Crippen molar-refractivity contribution in [3.05, 3.63) is 57.8 Å². The van der Waals surface area contributed by atoms with E-state index in [0.717, 1.165) is 17.7 Å². The number of imidazole rings is 1. The number of benzene rings is 1. The second-order valence-corrected chi connectivity index (χ2v) is 6.24. The number of nitrogens with one attached hydrogen (secondary N) is 1. The number of aromatic amines is 1. The third-order valence-corrected chi connectivity index (χ3v) is 4.39. The molecule has 0 amide bonds. The molecule has 0 saturated carbocycles. The van der Waals surface area contributed by atoms with Gasteiger partial charge in [-0.3, -0.25) is 4.57 Å². The maximum Gasteiger partial charge on any atom is 0.328 e. The summed E-state index contributed by atoms with van der Waals surface area (Å²) in [4.78, 5) is 27.0. The first-order chi connectivity index (χ1) is 11.7. The molecule has 0 radical (unpaired) electrons. The summed E-state index contributed by atoms with van der Waals surface area (Å²) in [5.74, 6) is 0.998. The molecule has 0 bridgehead atoms. The van der Waals surface area contributed by atoms with Gasteiger partial charge in [-0.15, -0.1) is 0 Å². The van der Waals surface area contributed by atoms with Crippen LogP contribution in [0.25, 0.3) is 16.0 Å². The largest absolute Gasteiger partial charge is 0.382 e. The summed E-state index contributed by atoms with van der Waals surface area (Å²) in [5, 5.41) is 0.519. The van der Waals surface area contributed by atoms with Gasteiger partial charge in [0, 0.05) is 12.2 Å². The van der Waals surface area contributed by atoms with Crippen molar-refractivity contribution in [1.82, 2.24) is 19.5 Å². The number of rotatable bonds is 6. The van der Waals surface area contributed by atoms with E-state index in [1.807, 2.05) is 30.3 Å². The van der Waals surface area contributed by atoms with Gasteiger partial charge in [-0.2, -0.15) is 0 Å². The minimum Gasteiger partial charge on any atom is -0.382 e. The number of nitrogens with zero attached hydrogens (tertiary/aromatic N) is 4. The fourth-order valence-electron chi connectivity index (χ4n) is 2.32. The Balaban J connectivity index is 1.94. The van der Waals surface area contributed by atoms with Crippen LogP contribution in [0.4, 0.5) is 5.82 Å². The first-order valence-electron chi connectivity index (χ1n) is 7.45. The van der Waals surface area contributed by atoms with Crippen LogP contribution >= 0.6 is 11.8 Å². The second-order valence-electron chi connectivity index (χ2n) is 5.18. The molecule has 122 valence electrons. The van der Waals surface area contributed by atoms with Gasteiger partial charge in [-0.25, -0.2) is 21.3 Å². The molecule has 0 spiro atoms. The summed E-state index contributed by atoms with van der Waals surface area (Å²) in [5.41, 5.74) is 7.67. The van der Waals surface area contributed by atoms with E-state index in [1.54, 1.807) is 4.57 Å². The predicted octanol–water partition coefficient (Wildman–Crippen LogP) is 2.15. The Kier molecular flexibility index (Phi) is 4.82. The van der Waals surface area contributed by atoms with Crippen LogP contribution < -0.4 is 11.4 Å². The average Bonchev–Trinajstić information content (AvgIpc) is 2.90. The summed E-state index contributed by atoms with van der Waals surface area (Å²) < 4.78 is 1.56. The molecular formula is C16H16N6OS. The number of fused-ring (bicyclic) bond motifs is 1. The van der Waals surface area contributed by atoms with E-state index in [-0.39, 0.29) is 11.5 Å². The summed E-state index contributed by atoms with van der Waals surface area (Å²) in [7, 11) is 0. The number of aromatic nitrogens is 4. The molecule has 0 saturated heterocycles. The zero-order valence-electron chi connectivity index (χ0n) is 12.9. The molecule has 3 rings (SSSR count). The van der Waals surface area contributed by atoms with Crippen LogP contribution in [0.15, 0.2) is 40.3 Å². The third kappa shape index (κ3) is 3.41. The van der Waals surface area contributed by atoms with Crippen LogP contribution in [0.1, 0.15) is 12.0 Å². The molecule has 0 aliphatic rings. The van der Waals surface area contributed by atoms with Gasteiger partial charge in [-0.05, 0) is 5.56 Å². The lowest BCUT2D eigenvalue weighted by Crippen LogP contribution is -2.17. The number of thioether (sulfide) groups is 1. The number of hydrogen-bond donors (Lipinski definition) is 2. The SMILES string of the molecule is [C-]#[N+]CCCSc1nc(N)c2[nH]c(=O)n(Cc3ccccc3)c2n1. The predicted molar refractivity (Wildman–Crippen MR) is 94.9 cm³/mol. The van der Waals surface area contributed by atoms with Crippen LogP contribution in [0.5, 0.6) is 0 Å². The lowest BCUT2D eigenvalue weighted by atomic mass is 10.2. The van der Waals surface area contributed by atoms with Crippen LogP contribution in [-0.2, 0) is 6.54 Å². The Labute approximate surface area is 142 Å². The molecule has 3 aromatic rings. The van der Waals surface area contributed by atoms with Crippen molar-refractivity contribution in [2.75, 3.05) is 18.0 Å². The number of hydrogen-bond acceptors (Lipinski definition) is 5. The minimum atomic E-state index is -0.259. The molecule has 0 atom stereocenters. The van der Waals surface area contributed by atoms with Gasteiger partial charge < -0.3 is 15.6 Å². The van der Waals surface area contributed by atoms with E-state index < -0.39 is 0 Å². The van der Waals surface area contributed by atoms with Crippen molar-refractivity contribution >= 4 is 28.7 Å². The van der Waals surface area contributed by atoms with Gasteiger partial charge in [0.15, 0.2) is 16.6 Å². The van der Waals surface area contributed by atoms with Crippen LogP contribution in [0.3, 0.4) is 0 Å². The second kappa shape index (κ2) is 7.19. The first-order valence-corrected chi connectivity index (χ1v) is 8.43. The summed E-state index contributed by atoms with van der Waals surface area (Å²) >= 11 is 1.44. The molecular weight excluding hydrogens is 324 g/mol. The molecule has 0 unspecified atom stereocenters. The number of H-pyrrole nitrogens is 1. The topological polar surface area (TPSA) is 94.0 Å². The third-order valence-electron chi connectivity index (χ3n) is 3.46. The highest BCUT2D eigenvalue weighted by atomic mass is 32.2. The van der Waals surface area contributed by atoms with E-state index >= 15 is 0 Å². The lowest BCUT2D eigenvalue weighted by Gasteiger charge is -2.05. The Hall–Kier alpha value is -2.79. The molecule has 2 heterocycles. The molecule has 0 fully saturated rings. The molecule has 3 N–H and O–H groups in total. The zero-order chi connectivity index (χ0) is 16.9. The highest BCUT2D eigenvalue weighted by molar-refractivity contribution is 7.99. The smallest absolute Gasteiger partial charge is 0.328 e. The Morgan fingerprint density at radius 2 is 2.08 bits per heavy atom. The van der Waals surface area contributed by atoms with E-state index in [9.17, 15) is 4.79 Å². The van der Waals surface area contributed by atoms with Crippen LogP contribution in [0.2, 0.25) is 0 Å². The van der Waals surface area contributed by atoms with Gasteiger partial charge in [0.05, 0.1) is 6.54 Å². The molecule has 0 aliphatic heterocycles. The van der Waals surface area contributed by atoms with Crippen LogP contribution in [-0.4, -0.2) is 31.8 Å². The normalized spacial score (nSPS) is 10.8. The van der Waals surface area contributed by atoms with E-state index in [1.165, 1.54) is 11.8 Å². The van der Waals surface area contributed by atoms with Gasteiger partial charge in [0.2, 0.25) is 6.54 Å². The fourth-order valence-corrected chi connectivity index (χ4v) is 3.09. The lowest BCUT2D eigenvalue weighted by molar-refractivity contribution is 0.771. The van der Waals surface area contributed by atoms with E-state index in [0.29, 0.717) is 29.4 Å². The molecule has 1 aromatic carbocycles. The van der Waals surface area contributed by atoms with Crippen molar-refractivity contribution in [3.63, 3.8) is 0 Å². The van der Waals surface area contributed by atoms with Crippen molar-refractivity contribution in [1.29, 1.82) is 0 Å². The molecule has 8 heteroatoms. The molecule has 24 heavy (non-hydrogen) atoms. The maximum absolute atomic E-state index is 12.2. The van der Waals surface area contributed by atoms with Crippen molar-refractivity contribution in [3.8, 4) is 0 Å². The Morgan fingerprint density at radius 3 is 2.83 bits per heavy atom. The van der Waals surface area contributed by atoms with E-state index in [2.05, 4.69) is 19.8 Å². The van der Waals surface area contributed by atoms with Crippen LogP contribution in [0, 0.1) is 6.57 Å². The summed E-state index contributed by atoms with van der Waals surface area (Å²) in [6, 6.07) is 9.69. The monoisotopic (exact) mass is 340 g/mol. The van der Waals surface area contributed by atoms with Crippen molar-refractivity contribution < 1.29 is 0 Å². The van der Waals surface area contributed by atoms with Gasteiger partial charge in [0.1, 0.15) is 5.52 Å². The first kappa shape index (κ1) is 16.1. The number of nitrogen functional groups attached to an aromatic ring is 1. The van der Waals surface area contributed by atoms with Gasteiger partial charge >= 0.3 is 5.69 Å². The molecule has 7 nitrogen and oxygen atoms in total. The Morgan fingerprint density at radius 1 is 1.29 bits per heavy atom. The Bertz CT molecular complexity index is 941. The van der Waals surface area contributed by atoms with Gasteiger partial charge in [0.25, 0.3) is 0 Å². The molecule has 0 aliphatic carbocycles. The fraction of sp³-hybridized carbons (Fsp3) is 0.250. The number of anilines is 1. The maximum atomic E-state index is 12.2.